The first-order chi connectivity index (χ1) is 12.7. The number of carbonyl (C=O) groups excluding carboxylic acids is 2. The van der Waals surface area contributed by atoms with Crippen molar-refractivity contribution >= 4 is 23.2 Å². The summed E-state index contributed by atoms with van der Waals surface area (Å²) in [6.45, 7) is 1.40. The van der Waals surface area contributed by atoms with Gasteiger partial charge in [-0.05, 0) is 42.7 Å². The Morgan fingerprint density at radius 1 is 0.962 bits per heavy atom. The van der Waals surface area contributed by atoms with E-state index in [1.165, 1.54) is 4.88 Å². The zero-order valence-corrected chi connectivity index (χ0v) is 15.7. The molecule has 2 aliphatic carbocycles. The average molecular weight is 369 g/mol. The predicted octanol–water partition coefficient (Wildman–Crippen LogP) is 3.68. The minimum atomic E-state index is 0.0446. The van der Waals surface area contributed by atoms with Gasteiger partial charge in [-0.25, -0.2) is 0 Å². The summed E-state index contributed by atoms with van der Waals surface area (Å²) in [5, 5.41) is 2.04. The van der Waals surface area contributed by atoms with Gasteiger partial charge in [-0.3, -0.25) is 9.59 Å². The van der Waals surface area contributed by atoms with Crippen LogP contribution in [-0.2, 0) is 22.7 Å². The van der Waals surface area contributed by atoms with Gasteiger partial charge in [0.1, 0.15) is 6.54 Å². The standard InChI is InChI=1S/C21H24N2O2S/c24-20(15-23(18-10-11-18)21(25)17-8-9-17)22(14-19-7-4-12-26-19)13-16-5-2-1-3-6-16/h1-7,12,17-18H,8-11,13-15H2. The monoisotopic (exact) mass is 368 g/mol. The van der Waals surface area contributed by atoms with E-state index in [2.05, 4.69) is 6.07 Å². The van der Waals surface area contributed by atoms with Crippen LogP contribution in [0.2, 0.25) is 0 Å². The summed E-state index contributed by atoms with van der Waals surface area (Å²) in [6.07, 6.45) is 4.04. The molecule has 2 amide bonds. The van der Waals surface area contributed by atoms with Crippen molar-refractivity contribution in [2.24, 2.45) is 5.92 Å². The van der Waals surface area contributed by atoms with E-state index >= 15 is 0 Å². The van der Waals surface area contributed by atoms with Gasteiger partial charge in [0.2, 0.25) is 11.8 Å². The van der Waals surface area contributed by atoms with Gasteiger partial charge in [0.15, 0.2) is 0 Å². The van der Waals surface area contributed by atoms with Gasteiger partial charge in [0.25, 0.3) is 0 Å². The summed E-state index contributed by atoms with van der Waals surface area (Å²) in [5.74, 6) is 0.406. The van der Waals surface area contributed by atoms with Crippen LogP contribution < -0.4 is 0 Å². The normalized spacial score (nSPS) is 16.3. The fourth-order valence-electron chi connectivity index (χ4n) is 3.21. The van der Waals surface area contributed by atoms with Crippen LogP contribution in [-0.4, -0.2) is 34.2 Å². The minimum Gasteiger partial charge on any atom is -0.332 e. The molecular weight excluding hydrogens is 344 g/mol. The molecule has 2 aromatic rings. The molecule has 5 heteroatoms. The van der Waals surface area contributed by atoms with Gasteiger partial charge in [0.05, 0.1) is 6.54 Å². The molecule has 0 spiro atoms. The number of hydrogen-bond donors (Lipinski definition) is 0. The molecule has 26 heavy (non-hydrogen) atoms. The Labute approximate surface area is 158 Å². The first kappa shape index (κ1) is 17.3. The van der Waals surface area contributed by atoms with Crippen LogP contribution in [0.3, 0.4) is 0 Å². The summed E-state index contributed by atoms with van der Waals surface area (Å²) in [4.78, 5) is 30.6. The molecule has 136 valence electrons. The highest BCUT2D eigenvalue weighted by atomic mass is 32.1. The summed E-state index contributed by atoms with van der Waals surface area (Å²) in [6, 6.07) is 14.4. The lowest BCUT2D eigenvalue weighted by molar-refractivity contribution is -0.142. The Balaban J connectivity index is 1.47. The van der Waals surface area contributed by atoms with Gasteiger partial charge < -0.3 is 9.80 Å². The number of hydrogen-bond acceptors (Lipinski definition) is 3. The maximum absolute atomic E-state index is 13.1. The van der Waals surface area contributed by atoms with E-state index in [0.717, 1.165) is 31.2 Å². The van der Waals surface area contributed by atoms with Crippen molar-refractivity contribution in [3.8, 4) is 0 Å². The van der Waals surface area contributed by atoms with E-state index in [0.29, 0.717) is 13.1 Å². The van der Waals surface area contributed by atoms with Crippen molar-refractivity contribution in [1.82, 2.24) is 9.80 Å². The molecule has 0 radical (unpaired) electrons. The molecule has 2 aliphatic rings. The Bertz CT molecular complexity index is 752. The average Bonchev–Trinajstić information content (AvgIpc) is 3.58. The topological polar surface area (TPSA) is 40.6 Å². The van der Waals surface area contributed by atoms with Gasteiger partial charge in [-0.15, -0.1) is 11.3 Å². The van der Waals surface area contributed by atoms with E-state index in [1.54, 1.807) is 11.3 Å². The second-order valence-electron chi connectivity index (χ2n) is 7.29. The number of thiophene rings is 1. The second-order valence-corrected chi connectivity index (χ2v) is 8.32. The first-order valence-electron chi connectivity index (χ1n) is 9.35. The molecule has 1 heterocycles. The Morgan fingerprint density at radius 2 is 1.73 bits per heavy atom. The third-order valence-corrected chi connectivity index (χ3v) is 5.86. The predicted molar refractivity (Wildman–Crippen MR) is 102 cm³/mol. The van der Waals surface area contributed by atoms with Gasteiger partial charge in [-0.2, -0.15) is 0 Å². The van der Waals surface area contributed by atoms with Crippen LogP contribution in [0.25, 0.3) is 0 Å². The number of benzene rings is 1. The summed E-state index contributed by atoms with van der Waals surface area (Å²) in [5.41, 5.74) is 1.11. The van der Waals surface area contributed by atoms with Crippen LogP contribution >= 0.6 is 11.3 Å². The van der Waals surface area contributed by atoms with Crippen LogP contribution in [0.4, 0.5) is 0 Å². The number of rotatable bonds is 8. The fourth-order valence-corrected chi connectivity index (χ4v) is 3.93. The second kappa shape index (κ2) is 7.62. The summed E-state index contributed by atoms with van der Waals surface area (Å²) >= 11 is 1.66. The highest BCUT2D eigenvalue weighted by molar-refractivity contribution is 7.09. The fraction of sp³-hybridized carbons (Fsp3) is 0.429. The minimum absolute atomic E-state index is 0.0446. The van der Waals surface area contributed by atoms with E-state index in [1.807, 2.05) is 51.6 Å². The first-order valence-corrected chi connectivity index (χ1v) is 10.2. The molecule has 0 N–H and O–H groups in total. The molecule has 4 nitrogen and oxygen atoms in total. The lowest BCUT2D eigenvalue weighted by Crippen LogP contribution is -2.44. The highest BCUT2D eigenvalue weighted by Gasteiger charge is 2.41. The van der Waals surface area contributed by atoms with Crippen molar-refractivity contribution in [3.63, 3.8) is 0 Å². The molecular formula is C21H24N2O2S. The maximum atomic E-state index is 13.1. The van der Waals surface area contributed by atoms with E-state index in [4.69, 9.17) is 0 Å². The number of nitrogens with zero attached hydrogens (tertiary/aromatic N) is 2. The molecule has 1 aromatic carbocycles. The maximum Gasteiger partial charge on any atom is 0.242 e. The summed E-state index contributed by atoms with van der Waals surface area (Å²) in [7, 11) is 0. The molecule has 0 aliphatic heterocycles. The van der Waals surface area contributed by atoms with Crippen molar-refractivity contribution < 1.29 is 9.59 Å². The molecule has 0 saturated heterocycles. The van der Waals surface area contributed by atoms with Crippen LogP contribution in [0.1, 0.15) is 36.1 Å². The zero-order valence-electron chi connectivity index (χ0n) is 14.8. The molecule has 0 unspecified atom stereocenters. The highest BCUT2D eigenvalue weighted by Crippen LogP contribution is 2.36. The van der Waals surface area contributed by atoms with E-state index in [9.17, 15) is 9.59 Å². The van der Waals surface area contributed by atoms with Crippen molar-refractivity contribution in [1.29, 1.82) is 0 Å². The largest absolute Gasteiger partial charge is 0.332 e. The lowest BCUT2D eigenvalue weighted by Gasteiger charge is -2.28. The zero-order chi connectivity index (χ0) is 17.9. The Kier molecular flexibility index (Phi) is 5.07. The van der Waals surface area contributed by atoms with Gasteiger partial charge in [-0.1, -0.05) is 36.4 Å². The van der Waals surface area contributed by atoms with Gasteiger partial charge >= 0.3 is 0 Å². The number of amides is 2. The van der Waals surface area contributed by atoms with Crippen molar-refractivity contribution in [3.05, 3.63) is 58.3 Å². The third kappa shape index (κ3) is 4.33. The molecule has 0 atom stereocenters. The molecule has 2 fully saturated rings. The lowest BCUT2D eigenvalue weighted by atomic mass is 10.2. The van der Waals surface area contributed by atoms with E-state index in [-0.39, 0.29) is 30.3 Å². The quantitative estimate of drug-likeness (QED) is 0.713. The SMILES string of the molecule is O=C(CN(C(=O)C1CC1)C1CC1)N(Cc1ccccc1)Cc1cccs1. The third-order valence-electron chi connectivity index (χ3n) is 5.00. The van der Waals surface area contributed by atoms with Crippen molar-refractivity contribution in [2.75, 3.05) is 6.54 Å². The Morgan fingerprint density at radius 3 is 2.35 bits per heavy atom. The molecule has 4 rings (SSSR count). The van der Waals surface area contributed by atoms with E-state index < -0.39 is 0 Å². The number of carbonyl (C=O) groups is 2. The molecule has 1 aromatic heterocycles. The van der Waals surface area contributed by atoms with Gasteiger partial charge in [0, 0.05) is 23.4 Å². The molecule has 0 bridgehead atoms. The smallest absolute Gasteiger partial charge is 0.242 e. The van der Waals surface area contributed by atoms with Crippen LogP contribution in [0.5, 0.6) is 0 Å². The van der Waals surface area contributed by atoms with Crippen LogP contribution in [0.15, 0.2) is 47.8 Å². The van der Waals surface area contributed by atoms with Crippen molar-refractivity contribution in [2.45, 2.75) is 44.8 Å². The van der Waals surface area contributed by atoms with Crippen LogP contribution in [0, 0.1) is 5.92 Å². The summed E-state index contributed by atoms with van der Waals surface area (Å²) < 4.78 is 0. The Hall–Kier alpha value is -2.14. The molecule has 2 saturated carbocycles.